The smallest absolute Gasteiger partial charge is 0.186 e. The highest BCUT2D eigenvalue weighted by Gasteiger charge is 2.29. The van der Waals surface area contributed by atoms with Gasteiger partial charge in [-0.25, -0.2) is 0 Å². The highest BCUT2D eigenvalue weighted by atomic mass is 16.5. The van der Waals surface area contributed by atoms with Gasteiger partial charge in [0.15, 0.2) is 5.79 Å². The van der Waals surface area contributed by atoms with Crippen molar-refractivity contribution >= 4 is 0 Å². The lowest BCUT2D eigenvalue weighted by Gasteiger charge is -2.31. The summed E-state index contributed by atoms with van der Waals surface area (Å²) in [5.41, 5.74) is 2.22. The number of allylic oxidation sites excluding steroid dienone is 2. The van der Waals surface area contributed by atoms with Crippen LogP contribution in [0.2, 0.25) is 0 Å². The van der Waals surface area contributed by atoms with Crippen molar-refractivity contribution in [2.24, 2.45) is 0 Å². The number of rotatable bonds is 2. The number of aliphatic hydroxyl groups is 2. The van der Waals surface area contributed by atoms with Crippen LogP contribution in [0.1, 0.15) is 25.8 Å². The topological polar surface area (TPSA) is 40.5 Å². The van der Waals surface area contributed by atoms with Crippen LogP contribution < -0.4 is 0 Å². The van der Waals surface area contributed by atoms with Gasteiger partial charge < -0.3 is 10.2 Å². The maximum absolute atomic E-state index is 9.45. The third-order valence-electron chi connectivity index (χ3n) is 3.37. The summed E-state index contributed by atoms with van der Waals surface area (Å²) in [5, 5.41) is 18.9. The molecule has 2 rings (SSSR count). The van der Waals surface area contributed by atoms with Gasteiger partial charge in [-0.2, -0.15) is 0 Å². The Labute approximate surface area is 102 Å². The molecule has 1 aliphatic carbocycles. The molecule has 0 aliphatic heterocycles. The summed E-state index contributed by atoms with van der Waals surface area (Å²) in [5.74, 6) is -1.68. The zero-order valence-corrected chi connectivity index (χ0v) is 10.2. The zero-order valence-electron chi connectivity index (χ0n) is 10.2. The van der Waals surface area contributed by atoms with E-state index < -0.39 is 5.79 Å². The first-order chi connectivity index (χ1) is 7.92. The predicted octanol–water partition coefficient (Wildman–Crippen LogP) is 2.53. The maximum Gasteiger partial charge on any atom is 0.186 e. The Balaban J connectivity index is 2.30. The fourth-order valence-electron chi connectivity index (χ4n) is 2.10. The highest BCUT2D eigenvalue weighted by Crippen LogP contribution is 2.35. The Hall–Kier alpha value is -1.38. The molecule has 1 aromatic rings. The Kier molecular flexibility index (Phi) is 2.94. The van der Waals surface area contributed by atoms with Crippen LogP contribution in [-0.4, -0.2) is 16.0 Å². The molecule has 2 N–H and O–H groups in total. The van der Waals surface area contributed by atoms with Gasteiger partial charge in [-0.05, 0) is 17.2 Å². The Morgan fingerprint density at radius 1 is 1.12 bits per heavy atom. The van der Waals surface area contributed by atoms with Crippen molar-refractivity contribution < 1.29 is 10.2 Å². The van der Waals surface area contributed by atoms with Gasteiger partial charge in [-0.15, -0.1) is 0 Å². The third kappa shape index (κ3) is 2.48. The van der Waals surface area contributed by atoms with E-state index in [1.165, 1.54) is 11.6 Å². The maximum atomic E-state index is 9.45. The average molecular weight is 230 g/mol. The van der Waals surface area contributed by atoms with Crippen molar-refractivity contribution in [1.82, 2.24) is 0 Å². The first kappa shape index (κ1) is 12.1. The summed E-state index contributed by atoms with van der Waals surface area (Å²) >= 11 is 0. The van der Waals surface area contributed by atoms with Crippen LogP contribution in [0.5, 0.6) is 0 Å². The first-order valence-electron chi connectivity index (χ1n) is 5.82. The largest absolute Gasteiger partial charge is 0.362 e. The molecule has 90 valence electrons. The molecule has 0 amide bonds. The van der Waals surface area contributed by atoms with E-state index in [9.17, 15) is 10.2 Å². The summed E-state index contributed by atoms with van der Waals surface area (Å²) in [6.45, 7) is 4.28. The van der Waals surface area contributed by atoms with E-state index in [-0.39, 0.29) is 11.8 Å². The molecule has 0 saturated heterocycles. The van der Waals surface area contributed by atoms with Gasteiger partial charge in [-0.1, -0.05) is 56.3 Å². The first-order valence-corrected chi connectivity index (χ1v) is 5.82. The minimum atomic E-state index is -1.68. The SMILES string of the molecule is CC(C)(C1=CCC(O)(O)C=C1)c1ccccc1. The molecule has 2 nitrogen and oxygen atoms in total. The summed E-state index contributed by atoms with van der Waals surface area (Å²) < 4.78 is 0. The molecular formula is C15H18O2. The molecule has 0 aromatic heterocycles. The van der Waals surface area contributed by atoms with Crippen LogP contribution in [0.3, 0.4) is 0 Å². The Bertz CT molecular complexity index is 453. The number of benzene rings is 1. The van der Waals surface area contributed by atoms with Gasteiger partial charge in [0.25, 0.3) is 0 Å². The Morgan fingerprint density at radius 2 is 1.76 bits per heavy atom. The number of hydrogen-bond donors (Lipinski definition) is 2. The minimum Gasteiger partial charge on any atom is -0.362 e. The van der Waals surface area contributed by atoms with Crippen molar-refractivity contribution in [3.05, 3.63) is 59.7 Å². The molecule has 0 bridgehead atoms. The van der Waals surface area contributed by atoms with Crippen molar-refractivity contribution in [1.29, 1.82) is 0 Å². The van der Waals surface area contributed by atoms with Crippen LogP contribution in [0.15, 0.2) is 54.1 Å². The van der Waals surface area contributed by atoms with E-state index in [0.717, 1.165) is 5.57 Å². The molecule has 2 heteroatoms. The van der Waals surface area contributed by atoms with Gasteiger partial charge in [-0.3, -0.25) is 0 Å². The van der Waals surface area contributed by atoms with Crippen LogP contribution in [0.25, 0.3) is 0 Å². The third-order valence-corrected chi connectivity index (χ3v) is 3.37. The van der Waals surface area contributed by atoms with Gasteiger partial charge in [0, 0.05) is 11.8 Å². The monoisotopic (exact) mass is 230 g/mol. The fraction of sp³-hybridized carbons (Fsp3) is 0.333. The van der Waals surface area contributed by atoms with E-state index in [1.54, 1.807) is 6.08 Å². The lowest BCUT2D eigenvalue weighted by molar-refractivity contribution is -0.115. The molecule has 0 unspecified atom stereocenters. The van der Waals surface area contributed by atoms with Gasteiger partial charge in [0.05, 0.1) is 0 Å². The molecule has 1 aromatic carbocycles. The Morgan fingerprint density at radius 3 is 2.29 bits per heavy atom. The fourth-order valence-corrected chi connectivity index (χ4v) is 2.10. The van der Waals surface area contributed by atoms with Crippen molar-refractivity contribution in [3.8, 4) is 0 Å². The van der Waals surface area contributed by atoms with E-state index in [0.29, 0.717) is 0 Å². The molecule has 1 aliphatic rings. The normalized spacial score (nSPS) is 18.9. The molecule has 0 saturated carbocycles. The highest BCUT2D eigenvalue weighted by molar-refractivity contribution is 5.42. The van der Waals surface area contributed by atoms with E-state index in [4.69, 9.17) is 0 Å². The van der Waals surface area contributed by atoms with Crippen LogP contribution >= 0.6 is 0 Å². The van der Waals surface area contributed by atoms with Gasteiger partial charge in [0.1, 0.15) is 0 Å². The molecular weight excluding hydrogens is 212 g/mol. The second kappa shape index (κ2) is 4.13. The molecule has 0 spiro atoms. The van der Waals surface area contributed by atoms with Crippen LogP contribution in [0, 0.1) is 0 Å². The standard InChI is InChI=1S/C15H18O2/c1-14(2,12-6-4-3-5-7-12)13-8-10-15(16,17)11-9-13/h3-10,16-17H,11H2,1-2H3. The lowest BCUT2D eigenvalue weighted by atomic mass is 9.75. The summed E-state index contributed by atoms with van der Waals surface area (Å²) in [7, 11) is 0. The van der Waals surface area contributed by atoms with Crippen molar-refractivity contribution in [2.75, 3.05) is 0 Å². The molecule has 0 radical (unpaired) electrons. The van der Waals surface area contributed by atoms with E-state index >= 15 is 0 Å². The van der Waals surface area contributed by atoms with Gasteiger partial charge >= 0.3 is 0 Å². The molecule has 17 heavy (non-hydrogen) atoms. The molecule has 0 fully saturated rings. The summed E-state index contributed by atoms with van der Waals surface area (Å²) in [6.07, 6.45) is 5.39. The molecule has 0 heterocycles. The van der Waals surface area contributed by atoms with Crippen molar-refractivity contribution in [3.63, 3.8) is 0 Å². The predicted molar refractivity (Wildman–Crippen MR) is 68.5 cm³/mol. The van der Waals surface area contributed by atoms with E-state index in [1.807, 2.05) is 24.3 Å². The second-order valence-corrected chi connectivity index (χ2v) is 5.07. The summed E-state index contributed by atoms with van der Waals surface area (Å²) in [4.78, 5) is 0. The van der Waals surface area contributed by atoms with Crippen LogP contribution in [0.4, 0.5) is 0 Å². The average Bonchev–Trinajstić information content (AvgIpc) is 2.29. The summed E-state index contributed by atoms with van der Waals surface area (Å²) in [6, 6.07) is 10.2. The van der Waals surface area contributed by atoms with Crippen LogP contribution in [-0.2, 0) is 5.41 Å². The number of hydrogen-bond acceptors (Lipinski definition) is 2. The zero-order chi connectivity index (χ0) is 12.5. The quantitative estimate of drug-likeness (QED) is 0.766. The van der Waals surface area contributed by atoms with E-state index in [2.05, 4.69) is 26.0 Å². The van der Waals surface area contributed by atoms with Crippen molar-refractivity contribution in [2.45, 2.75) is 31.5 Å². The second-order valence-electron chi connectivity index (χ2n) is 5.07. The molecule has 0 atom stereocenters. The lowest BCUT2D eigenvalue weighted by Crippen LogP contribution is -2.29. The minimum absolute atomic E-state index is 0.117. The van der Waals surface area contributed by atoms with Gasteiger partial charge in [0.2, 0.25) is 0 Å².